The van der Waals surface area contributed by atoms with E-state index in [0.29, 0.717) is 69.3 Å². The van der Waals surface area contributed by atoms with E-state index in [0.717, 1.165) is 121 Å². The van der Waals surface area contributed by atoms with Crippen LogP contribution in [-0.2, 0) is 0 Å². The summed E-state index contributed by atoms with van der Waals surface area (Å²) in [5.74, 6) is 3.91. The van der Waals surface area contributed by atoms with Crippen molar-refractivity contribution < 1.29 is 22.2 Å². The Labute approximate surface area is 876 Å². The molecule has 6 aromatic heterocycles. The van der Waals surface area contributed by atoms with Crippen molar-refractivity contribution in [1.82, 2.24) is 44.9 Å². The van der Waals surface area contributed by atoms with E-state index in [1.54, 1.807) is 23.5 Å². The second kappa shape index (κ2) is 40.1. The van der Waals surface area contributed by atoms with Gasteiger partial charge in [0.1, 0.15) is 11.2 Å². The molecular weight excluding hydrogens is 1830 g/mol. The van der Waals surface area contributed by atoms with Crippen molar-refractivity contribution >= 4 is 85.0 Å². The number of thiophene rings is 2. The number of rotatable bonds is 18. The Morgan fingerprint density at radius 2 is 0.415 bits per heavy atom. The summed E-state index contributed by atoms with van der Waals surface area (Å²) in [4.78, 5) is 44.6. The number of benzene rings is 21. The predicted molar refractivity (Wildman–Crippen MR) is 610 cm³/mol. The first kappa shape index (κ1) is 75.7. The van der Waals surface area contributed by atoms with Crippen LogP contribution in [-0.4, -0.2) is 44.9 Å². The molecule has 10 nitrogen and oxygen atoms in total. The highest BCUT2D eigenvalue weighted by Crippen LogP contribution is 2.46. The average Bonchev–Trinajstić information content (AvgIpc) is 1.56. The Morgan fingerprint density at radius 3 is 0.816 bits per heavy atom. The molecule has 0 N–H and O–H groups in total. The molecule has 690 valence electrons. The zero-order valence-corrected chi connectivity index (χ0v) is 80.1. The van der Waals surface area contributed by atoms with E-state index in [-0.39, 0.29) is 81.2 Å². The number of fused-ring (bicyclic) bond motifs is 9. The van der Waals surface area contributed by atoms with Crippen LogP contribution in [0.2, 0.25) is 0 Å². The van der Waals surface area contributed by atoms with Crippen molar-refractivity contribution in [1.29, 1.82) is 0 Å². The summed E-state index contributed by atoms with van der Waals surface area (Å²) >= 11 is 3.51. The maximum absolute atomic E-state index is 8.88. The van der Waals surface area contributed by atoms with Gasteiger partial charge in [-0.25, -0.2) is 44.9 Å². The van der Waals surface area contributed by atoms with E-state index in [1.807, 2.05) is 230 Å². The molecule has 21 aromatic carbocycles. The first-order valence-corrected chi connectivity index (χ1v) is 49.7. The summed E-state index contributed by atoms with van der Waals surface area (Å²) in [5, 5.41) is 4.95. The largest absolute Gasteiger partial charge is 0.455 e. The molecule has 0 aliphatic heterocycles. The van der Waals surface area contributed by atoms with Gasteiger partial charge in [0.2, 0.25) is 0 Å². The van der Waals surface area contributed by atoms with Gasteiger partial charge in [-0.1, -0.05) is 509 Å². The standard InChI is InChI=1S/C45H29N3O.2C45H29N3S/c1-3-12-30(13-4-1)31-22-26-34(27-23-31)43-46-44(48-45(47-43)40-18-8-7-16-36(40)32-14-5-2-6-15-32)35-28-24-33(25-29-35)37-19-11-20-39-38-17-9-10-21-41(38)49-42(37)39;1-3-12-32(13-4-1)36-16-7-8-18-40(36)45-47-43(34-14-5-2-6-15-34)46-44(48-45)35-28-24-31(25-29-35)30-22-26-33(27-23-30)37-19-11-20-39-38-17-9-10-21-41(38)49-42(37)39;1-3-12-30(13-4-1)31-22-26-34(27-23-31)43-46-44(48-45(47-43)40-18-8-7-16-36(40)32-14-5-2-6-15-32)35-28-24-33(25-29-35)37-19-11-20-39-38-17-9-10-21-41(38)49-42(37)39/h3*1-29H/i9D,10D,11D,17D,19D,20D,21D;2D,5D,6D,14D,15D;21D. The molecule has 0 atom stereocenters. The van der Waals surface area contributed by atoms with Gasteiger partial charge < -0.3 is 4.42 Å². The van der Waals surface area contributed by atoms with Gasteiger partial charge in [0, 0.05) is 107 Å². The highest BCUT2D eigenvalue weighted by Gasteiger charge is 2.24. The zero-order valence-electron chi connectivity index (χ0n) is 91.5. The van der Waals surface area contributed by atoms with Crippen molar-refractivity contribution in [3.63, 3.8) is 0 Å². The molecule has 0 saturated carbocycles. The van der Waals surface area contributed by atoms with Crippen LogP contribution >= 0.6 is 22.7 Å². The van der Waals surface area contributed by atoms with E-state index >= 15 is 0 Å². The molecule has 147 heavy (non-hydrogen) atoms. The fourth-order valence-corrected chi connectivity index (χ4v) is 21.2. The van der Waals surface area contributed by atoms with Gasteiger partial charge in [-0.15, -0.1) is 22.7 Å². The van der Waals surface area contributed by atoms with Crippen LogP contribution in [0.25, 0.3) is 265 Å². The van der Waals surface area contributed by atoms with Crippen LogP contribution < -0.4 is 0 Å². The highest BCUT2D eigenvalue weighted by atomic mass is 32.1. The zero-order chi connectivity index (χ0) is 109. The summed E-state index contributed by atoms with van der Waals surface area (Å²) in [5.41, 5.74) is 24.2. The predicted octanol–water partition coefficient (Wildman–Crippen LogP) is 36.3. The number of furan rings is 1. The quantitative estimate of drug-likeness (QED) is 0.0819. The number of hydrogen-bond donors (Lipinski definition) is 0. The summed E-state index contributed by atoms with van der Waals surface area (Å²) in [7, 11) is 0. The van der Waals surface area contributed by atoms with Gasteiger partial charge in [0.15, 0.2) is 52.4 Å². The van der Waals surface area contributed by atoms with Gasteiger partial charge in [-0.3, -0.25) is 0 Å². The van der Waals surface area contributed by atoms with Gasteiger partial charge >= 0.3 is 0 Å². The van der Waals surface area contributed by atoms with E-state index in [4.69, 9.17) is 67.1 Å². The third kappa shape index (κ3) is 18.3. The minimum Gasteiger partial charge on any atom is -0.455 e. The third-order valence-electron chi connectivity index (χ3n) is 26.1. The molecule has 0 bridgehead atoms. The van der Waals surface area contributed by atoms with Gasteiger partial charge in [0.05, 0.1) is 17.8 Å². The molecule has 0 aliphatic carbocycles. The Bertz CT molecular complexity index is 10300. The topological polar surface area (TPSA) is 129 Å². The second-order valence-corrected chi connectivity index (χ2v) is 37.2. The summed E-state index contributed by atoms with van der Waals surface area (Å²) in [6.07, 6.45) is 0. The Morgan fingerprint density at radius 1 is 0.150 bits per heavy atom. The van der Waals surface area contributed by atoms with Gasteiger partial charge in [0.25, 0.3) is 0 Å². The summed E-state index contributed by atoms with van der Waals surface area (Å²) in [6.45, 7) is 0. The molecule has 0 spiro atoms. The fraction of sp³-hybridized carbons (Fsp3) is 0. The Balaban J connectivity index is 0.000000122. The molecular formula is C135H87N9OS2. The van der Waals surface area contributed by atoms with Crippen molar-refractivity contribution in [3.05, 3.63) is 527 Å². The minimum atomic E-state index is -0.474. The number of aromatic nitrogens is 9. The molecule has 12 heteroatoms. The number of hydrogen-bond acceptors (Lipinski definition) is 12. The fourth-order valence-electron chi connectivity index (χ4n) is 18.8. The normalized spacial score (nSPS) is 12.5. The smallest absolute Gasteiger partial charge is 0.164 e. The lowest BCUT2D eigenvalue weighted by atomic mass is 9.98. The molecule has 6 heterocycles. The van der Waals surface area contributed by atoms with Crippen LogP contribution in [0.3, 0.4) is 0 Å². The van der Waals surface area contributed by atoms with E-state index in [9.17, 15) is 0 Å². The molecule has 0 radical (unpaired) electrons. The lowest BCUT2D eigenvalue weighted by Crippen LogP contribution is -2.01. The minimum absolute atomic E-state index is 0.00295. The maximum atomic E-state index is 8.88. The molecule has 0 unspecified atom stereocenters. The van der Waals surface area contributed by atoms with Crippen molar-refractivity contribution in [2.75, 3.05) is 0 Å². The summed E-state index contributed by atoms with van der Waals surface area (Å²) in [6, 6.07) is 147. The van der Waals surface area contributed by atoms with Crippen molar-refractivity contribution in [2.45, 2.75) is 0 Å². The monoisotopic (exact) mass is 1930 g/mol. The van der Waals surface area contributed by atoms with Crippen LogP contribution in [0.15, 0.2) is 532 Å². The van der Waals surface area contributed by atoms with Crippen LogP contribution in [0.5, 0.6) is 0 Å². The lowest BCUT2D eigenvalue weighted by molar-refractivity contribution is 0.670. The van der Waals surface area contributed by atoms with Gasteiger partial charge in [-0.05, 0) is 113 Å². The number of nitrogens with zero attached hydrogens (tertiary/aromatic N) is 9. The van der Waals surface area contributed by atoms with Crippen LogP contribution in [0.4, 0.5) is 0 Å². The molecule has 0 fully saturated rings. The van der Waals surface area contributed by atoms with Crippen LogP contribution in [0, 0.1) is 0 Å². The Hall–Kier alpha value is -19.1. The number of para-hydroxylation sites is 2. The van der Waals surface area contributed by atoms with Crippen LogP contribution in [0.1, 0.15) is 17.8 Å². The third-order valence-corrected chi connectivity index (χ3v) is 28.5. The van der Waals surface area contributed by atoms with Crippen molar-refractivity contribution in [3.8, 4) is 203 Å². The van der Waals surface area contributed by atoms with E-state index in [2.05, 4.69) is 218 Å². The first-order chi connectivity index (χ1) is 78.2. The lowest BCUT2D eigenvalue weighted by Gasteiger charge is -2.12. The Kier molecular flexibility index (Phi) is 20.7. The first-order valence-electron chi connectivity index (χ1n) is 54.5. The summed E-state index contributed by atoms with van der Waals surface area (Å²) < 4.78 is 121. The van der Waals surface area contributed by atoms with Gasteiger partial charge in [-0.2, -0.15) is 0 Å². The SMILES string of the molecule is [2H]c1c([2H])c([2H])c(-c2nc(-c3ccc(-c4ccc(-c5cccc6c5sc5ccccc56)cc4)cc3)nc(-c3ccccc3-c3ccccc3)n2)c([2H])c1[2H].[2H]c1c([2H])c([2H])c2c(oc3c(-c4ccc(-c5nc(-c6ccc(-c7ccccc7)cc6)nc(-c6ccccc6-c6ccccc6)n5)cc4)c([2H])c([2H])c([2H])c32)c1[2H].[2H]c1cccc2c1sc1c(-c3ccc(-c4nc(-c5ccc(-c6ccccc6)cc5)nc(-c5ccccc5-c5ccccc5)n4)cc3)cccc12. The van der Waals surface area contributed by atoms with Crippen molar-refractivity contribution in [2.24, 2.45) is 0 Å². The highest BCUT2D eigenvalue weighted by molar-refractivity contribution is 7.26. The van der Waals surface area contributed by atoms with E-state index < -0.39 is 30.2 Å². The molecule has 0 amide bonds. The average molecular weight is 1930 g/mol. The van der Waals surface area contributed by atoms with E-state index in [1.165, 1.54) is 41.4 Å². The molecule has 27 rings (SSSR count). The maximum Gasteiger partial charge on any atom is 0.164 e. The molecule has 27 aromatic rings. The molecule has 0 aliphatic rings. The second-order valence-electron chi connectivity index (χ2n) is 35.1. The molecule has 0 saturated heterocycles.